The second kappa shape index (κ2) is 6.48. The van der Waals surface area contributed by atoms with Crippen molar-refractivity contribution in [3.05, 3.63) is 29.8 Å². The van der Waals surface area contributed by atoms with Gasteiger partial charge in [0.1, 0.15) is 17.4 Å². The molecule has 0 aromatic heterocycles. The van der Waals surface area contributed by atoms with Crippen molar-refractivity contribution in [2.45, 2.75) is 57.6 Å². The largest absolute Gasteiger partial charge is 0.490 e. The molecule has 1 aromatic rings. The van der Waals surface area contributed by atoms with E-state index in [0.29, 0.717) is 12.3 Å². The number of amides is 1. The Kier molecular flexibility index (Phi) is 4.88. The fraction of sp³-hybridized carbons (Fsp3) is 0.588. The minimum absolute atomic E-state index is 0.0407. The van der Waals surface area contributed by atoms with Gasteiger partial charge in [-0.1, -0.05) is 32.9 Å². The first kappa shape index (κ1) is 15.8. The lowest BCUT2D eigenvalue weighted by molar-refractivity contribution is -0.124. The summed E-state index contributed by atoms with van der Waals surface area (Å²) in [4.78, 5) is 11.8. The highest BCUT2D eigenvalue weighted by Crippen LogP contribution is 2.33. The molecule has 0 saturated heterocycles. The zero-order valence-electron chi connectivity index (χ0n) is 13.2. The molecule has 0 bridgehead atoms. The molecule has 0 spiro atoms. The summed E-state index contributed by atoms with van der Waals surface area (Å²) < 4.78 is 6.07. The third-order valence-corrected chi connectivity index (χ3v) is 4.28. The first-order chi connectivity index (χ1) is 9.97. The summed E-state index contributed by atoms with van der Waals surface area (Å²) in [6.07, 6.45) is 2.27. The highest BCUT2D eigenvalue weighted by atomic mass is 16.5. The quantitative estimate of drug-likeness (QED) is 0.846. The van der Waals surface area contributed by atoms with Crippen molar-refractivity contribution in [3.8, 4) is 5.75 Å². The SMILES string of the molecule is CCNC1(C(N)=O)CCC(Oc2cccc(C(C)C)c2)C1. The van der Waals surface area contributed by atoms with Gasteiger partial charge in [0, 0.05) is 6.42 Å². The number of carbonyl (C=O) groups excluding carboxylic acids is 1. The normalized spacial score (nSPS) is 25.2. The van der Waals surface area contributed by atoms with Crippen molar-refractivity contribution in [2.24, 2.45) is 5.73 Å². The lowest BCUT2D eigenvalue weighted by atomic mass is 9.96. The predicted molar refractivity (Wildman–Crippen MR) is 84.4 cm³/mol. The molecule has 4 nitrogen and oxygen atoms in total. The number of nitrogens with two attached hydrogens (primary N) is 1. The number of benzene rings is 1. The van der Waals surface area contributed by atoms with Gasteiger partial charge in [0.2, 0.25) is 5.91 Å². The van der Waals surface area contributed by atoms with Crippen molar-refractivity contribution in [1.29, 1.82) is 0 Å². The molecular formula is C17H26N2O2. The Bertz CT molecular complexity index is 501. The van der Waals surface area contributed by atoms with Crippen LogP contribution in [0.2, 0.25) is 0 Å². The first-order valence-corrected chi connectivity index (χ1v) is 7.78. The van der Waals surface area contributed by atoms with E-state index in [0.717, 1.165) is 25.1 Å². The van der Waals surface area contributed by atoms with Crippen LogP contribution in [0.4, 0.5) is 0 Å². The Labute approximate surface area is 127 Å². The minimum atomic E-state index is -0.602. The molecule has 0 aliphatic heterocycles. The number of carbonyl (C=O) groups is 1. The average molecular weight is 290 g/mol. The van der Waals surface area contributed by atoms with Crippen LogP contribution in [0.25, 0.3) is 0 Å². The second-order valence-corrected chi connectivity index (χ2v) is 6.19. The van der Waals surface area contributed by atoms with Crippen LogP contribution >= 0.6 is 0 Å². The van der Waals surface area contributed by atoms with Crippen molar-refractivity contribution < 1.29 is 9.53 Å². The molecule has 1 fully saturated rings. The Morgan fingerprint density at radius 1 is 1.52 bits per heavy atom. The van der Waals surface area contributed by atoms with Gasteiger partial charge in [-0.25, -0.2) is 0 Å². The number of primary amides is 1. The van der Waals surface area contributed by atoms with Gasteiger partial charge in [-0.3, -0.25) is 4.79 Å². The number of rotatable bonds is 6. The maximum Gasteiger partial charge on any atom is 0.237 e. The third-order valence-electron chi connectivity index (χ3n) is 4.28. The highest BCUT2D eigenvalue weighted by molar-refractivity contribution is 5.85. The summed E-state index contributed by atoms with van der Waals surface area (Å²) in [7, 11) is 0. The highest BCUT2D eigenvalue weighted by Gasteiger charge is 2.44. The molecule has 116 valence electrons. The van der Waals surface area contributed by atoms with Crippen molar-refractivity contribution in [2.75, 3.05) is 6.54 Å². The van der Waals surface area contributed by atoms with E-state index < -0.39 is 5.54 Å². The summed E-state index contributed by atoms with van der Waals surface area (Å²) in [5.74, 6) is 1.08. The van der Waals surface area contributed by atoms with Crippen molar-refractivity contribution >= 4 is 5.91 Å². The Morgan fingerprint density at radius 3 is 2.90 bits per heavy atom. The van der Waals surface area contributed by atoms with E-state index in [-0.39, 0.29) is 12.0 Å². The molecule has 2 unspecified atom stereocenters. The average Bonchev–Trinajstić information content (AvgIpc) is 2.84. The molecule has 0 heterocycles. The van der Waals surface area contributed by atoms with Gasteiger partial charge in [0.05, 0.1) is 0 Å². The third kappa shape index (κ3) is 3.56. The molecule has 1 aliphatic carbocycles. The van der Waals surface area contributed by atoms with E-state index in [1.165, 1.54) is 5.56 Å². The maximum absolute atomic E-state index is 11.8. The smallest absolute Gasteiger partial charge is 0.237 e. The predicted octanol–water partition coefficient (Wildman–Crippen LogP) is 2.57. The van der Waals surface area contributed by atoms with Gasteiger partial charge in [-0.05, 0) is 43.0 Å². The first-order valence-electron chi connectivity index (χ1n) is 7.78. The zero-order valence-corrected chi connectivity index (χ0v) is 13.2. The van der Waals surface area contributed by atoms with E-state index >= 15 is 0 Å². The molecule has 21 heavy (non-hydrogen) atoms. The van der Waals surface area contributed by atoms with Gasteiger partial charge in [0.15, 0.2) is 0 Å². The molecule has 1 amide bonds. The Balaban J connectivity index is 2.05. The van der Waals surface area contributed by atoms with Gasteiger partial charge >= 0.3 is 0 Å². The topological polar surface area (TPSA) is 64.3 Å². The fourth-order valence-corrected chi connectivity index (χ4v) is 3.05. The molecule has 2 atom stereocenters. The second-order valence-electron chi connectivity index (χ2n) is 6.19. The molecule has 3 N–H and O–H groups in total. The van der Waals surface area contributed by atoms with Crippen LogP contribution < -0.4 is 15.8 Å². The van der Waals surface area contributed by atoms with Crippen LogP contribution in [-0.2, 0) is 4.79 Å². The lowest BCUT2D eigenvalue weighted by Crippen LogP contribution is -2.54. The fourth-order valence-electron chi connectivity index (χ4n) is 3.05. The van der Waals surface area contributed by atoms with Gasteiger partial charge in [-0.2, -0.15) is 0 Å². The summed E-state index contributed by atoms with van der Waals surface area (Å²) in [5, 5.41) is 3.25. The Morgan fingerprint density at radius 2 is 2.29 bits per heavy atom. The summed E-state index contributed by atoms with van der Waals surface area (Å²) in [6, 6.07) is 8.19. The van der Waals surface area contributed by atoms with E-state index in [2.05, 4.69) is 31.3 Å². The van der Waals surface area contributed by atoms with Crippen LogP contribution in [0, 0.1) is 0 Å². The number of ether oxygens (including phenoxy) is 1. The van der Waals surface area contributed by atoms with Gasteiger partial charge < -0.3 is 15.8 Å². The van der Waals surface area contributed by atoms with Crippen LogP contribution in [0.1, 0.15) is 51.5 Å². The van der Waals surface area contributed by atoms with Crippen LogP contribution in [-0.4, -0.2) is 24.1 Å². The van der Waals surface area contributed by atoms with E-state index in [1.807, 2.05) is 19.1 Å². The molecule has 1 saturated carbocycles. The van der Waals surface area contributed by atoms with Crippen LogP contribution in [0.3, 0.4) is 0 Å². The zero-order chi connectivity index (χ0) is 15.5. The van der Waals surface area contributed by atoms with Crippen LogP contribution in [0.15, 0.2) is 24.3 Å². The number of hydrogen-bond donors (Lipinski definition) is 2. The molecular weight excluding hydrogens is 264 g/mol. The van der Waals surface area contributed by atoms with Crippen molar-refractivity contribution in [3.63, 3.8) is 0 Å². The minimum Gasteiger partial charge on any atom is -0.490 e. The monoisotopic (exact) mass is 290 g/mol. The van der Waals surface area contributed by atoms with Gasteiger partial charge in [0.25, 0.3) is 0 Å². The molecule has 1 aromatic carbocycles. The number of likely N-dealkylation sites (N-methyl/N-ethyl adjacent to an activating group) is 1. The summed E-state index contributed by atoms with van der Waals surface area (Å²) in [6.45, 7) is 7.05. The molecule has 2 rings (SSSR count). The van der Waals surface area contributed by atoms with E-state index in [4.69, 9.17) is 10.5 Å². The molecule has 1 aliphatic rings. The molecule has 0 radical (unpaired) electrons. The number of hydrogen-bond acceptors (Lipinski definition) is 3. The van der Waals surface area contributed by atoms with Crippen molar-refractivity contribution in [1.82, 2.24) is 5.32 Å². The van der Waals surface area contributed by atoms with Gasteiger partial charge in [-0.15, -0.1) is 0 Å². The lowest BCUT2D eigenvalue weighted by Gasteiger charge is -2.26. The number of nitrogens with one attached hydrogen (secondary N) is 1. The maximum atomic E-state index is 11.8. The van der Waals surface area contributed by atoms with E-state index in [9.17, 15) is 4.79 Å². The Hall–Kier alpha value is -1.55. The summed E-state index contributed by atoms with van der Waals surface area (Å²) >= 11 is 0. The van der Waals surface area contributed by atoms with Crippen LogP contribution in [0.5, 0.6) is 5.75 Å². The van der Waals surface area contributed by atoms with E-state index in [1.54, 1.807) is 0 Å². The standard InChI is InChI=1S/C17H26N2O2/c1-4-19-17(16(18)20)9-8-15(11-17)21-14-7-5-6-13(10-14)12(2)3/h5-7,10,12,15,19H,4,8-9,11H2,1-3H3,(H2,18,20). The summed E-state index contributed by atoms with van der Waals surface area (Å²) in [5.41, 5.74) is 6.24. The molecule has 4 heteroatoms.